The first-order chi connectivity index (χ1) is 13.5. The number of nitrogens with zero attached hydrogens (tertiary/aromatic N) is 3. The molecule has 4 rings (SSSR count). The van der Waals surface area contributed by atoms with Crippen LogP contribution in [0.4, 0.5) is 0 Å². The second kappa shape index (κ2) is 8.23. The van der Waals surface area contributed by atoms with Crippen LogP contribution in [-0.4, -0.2) is 92.2 Å². The van der Waals surface area contributed by atoms with Crippen molar-refractivity contribution in [3.63, 3.8) is 0 Å². The van der Waals surface area contributed by atoms with E-state index in [1.165, 1.54) is 0 Å². The predicted molar refractivity (Wildman–Crippen MR) is 112 cm³/mol. The number of aromatic nitrogens is 1. The fraction of sp³-hybridized carbons (Fsp3) is 0.591. The third-order valence-electron chi connectivity index (χ3n) is 6.13. The maximum atomic E-state index is 13.2. The van der Waals surface area contributed by atoms with E-state index in [1.54, 1.807) is 0 Å². The average Bonchev–Trinajstić information content (AvgIpc) is 3.08. The van der Waals surface area contributed by atoms with Gasteiger partial charge in [0, 0.05) is 62.0 Å². The van der Waals surface area contributed by atoms with Crippen molar-refractivity contribution in [1.82, 2.24) is 19.7 Å². The summed E-state index contributed by atoms with van der Waals surface area (Å²) in [4.78, 5) is 23.2. The van der Waals surface area contributed by atoms with Gasteiger partial charge in [-0.25, -0.2) is 0 Å². The largest absolute Gasteiger partial charge is 0.379 e. The number of piperidine rings is 1. The van der Waals surface area contributed by atoms with Gasteiger partial charge in [0.05, 0.1) is 13.2 Å². The van der Waals surface area contributed by atoms with Crippen molar-refractivity contribution in [2.75, 3.05) is 66.6 Å². The normalized spacial score (nSPS) is 24.2. The van der Waals surface area contributed by atoms with Crippen LogP contribution in [0.2, 0.25) is 0 Å². The van der Waals surface area contributed by atoms with E-state index >= 15 is 0 Å². The molecule has 1 N–H and O–H groups in total. The van der Waals surface area contributed by atoms with Crippen LogP contribution in [0.3, 0.4) is 0 Å². The van der Waals surface area contributed by atoms with Crippen LogP contribution in [0.25, 0.3) is 10.9 Å². The zero-order valence-corrected chi connectivity index (χ0v) is 17.1. The van der Waals surface area contributed by atoms with Gasteiger partial charge in [0.15, 0.2) is 0 Å². The molecule has 2 aliphatic heterocycles. The molecule has 0 bridgehead atoms. The SMILES string of the molecule is CN(C)CCN1CCOC[C@]2(CCCN(C(=O)c3ccc4cc[nH]c4c3)C2)C1. The van der Waals surface area contributed by atoms with Crippen molar-refractivity contribution in [3.8, 4) is 0 Å². The molecule has 6 nitrogen and oxygen atoms in total. The monoisotopic (exact) mass is 384 g/mol. The summed E-state index contributed by atoms with van der Waals surface area (Å²) in [5.41, 5.74) is 1.84. The van der Waals surface area contributed by atoms with Crippen molar-refractivity contribution >= 4 is 16.8 Å². The number of aromatic amines is 1. The Kier molecular flexibility index (Phi) is 5.71. The fourth-order valence-corrected chi connectivity index (χ4v) is 4.61. The molecule has 28 heavy (non-hydrogen) atoms. The lowest BCUT2D eigenvalue weighted by atomic mass is 9.80. The quantitative estimate of drug-likeness (QED) is 0.879. The third kappa shape index (κ3) is 4.24. The fourth-order valence-electron chi connectivity index (χ4n) is 4.61. The molecule has 1 atom stereocenters. The number of ether oxygens (including phenoxy) is 1. The molecule has 152 valence electrons. The zero-order chi connectivity index (χ0) is 19.6. The highest BCUT2D eigenvalue weighted by atomic mass is 16.5. The van der Waals surface area contributed by atoms with E-state index < -0.39 is 0 Å². The number of hydrogen-bond donors (Lipinski definition) is 1. The van der Waals surface area contributed by atoms with Gasteiger partial charge in [-0.1, -0.05) is 6.07 Å². The number of amides is 1. The van der Waals surface area contributed by atoms with Gasteiger partial charge < -0.3 is 19.5 Å². The number of benzene rings is 1. The number of likely N-dealkylation sites (tertiary alicyclic amines) is 1. The van der Waals surface area contributed by atoms with E-state index in [1.807, 2.05) is 35.4 Å². The van der Waals surface area contributed by atoms with Gasteiger partial charge in [0.25, 0.3) is 5.91 Å². The van der Waals surface area contributed by atoms with Gasteiger partial charge >= 0.3 is 0 Å². The summed E-state index contributed by atoms with van der Waals surface area (Å²) in [6.45, 7) is 7.25. The topological polar surface area (TPSA) is 51.8 Å². The Morgan fingerprint density at radius 2 is 2.14 bits per heavy atom. The Labute approximate surface area is 167 Å². The van der Waals surface area contributed by atoms with E-state index in [0.29, 0.717) is 0 Å². The third-order valence-corrected chi connectivity index (χ3v) is 6.13. The summed E-state index contributed by atoms with van der Waals surface area (Å²) in [6.07, 6.45) is 4.09. The van der Waals surface area contributed by atoms with Gasteiger partial charge in [-0.3, -0.25) is 9.69 Å². The van der Waals surface area contributed by atoms with E-state index in [4.69, 9.17) is 4.74 Å². The standard InChI is InChI=1S/C22H32N4O2/c1-24(2)10-11-25-12-13-28-17-22(15-25)7-3-9-26(16-22)21(27)19-5-4-18-6-8-23-20(18)14-19/h4-6,8,14,23H,3,7,9-13,15-17H2,1-2H3/t22-/m1/s1. The lowest BCUT2D eigenvalue weighted by molar-refractivity contribution is 0.00717. The molecule has 0 radical (unpaired) electrons. The number of fused-ring (bicyclic) bond motifs is 1. The molecule has 0 saturated carbocycles. The number of rotatable bonds is 4. The first kappa shape index (κ1) is 19.4. The molecule has 0 aliphatic carbocycles. The number of hydrogen-bond acceptors (Lipinski definition) is 4. The smallest absolute Gasteiger partial charge is 0.253 e. The summed E-state index contributed by atoms with van der Waals surface area (Å²) < 4.78 is 6.01. The minimum atomic E-state index is 0.0489. The second-order valence-corrected chi connectivity index (χ2v) is 8.74. The number of likely N-dealkylation sites (N-methyl/N-ethyl adjacent to an activating group) is 1. The maximum absolute atomic E-state index is 13.2. The molecule has 3 heterocycles. The van der Waals surface area contributed by atoms with Gasteiger partial charge in [-0.15, -0.1) is 0 Å². The van der Waals surface area contributed by atoms with Gasteiger partial charge in [0.2, 0.25) is 0 Å². The van der Waals surface area contributed by atoms with E-state index in [2.05, 4.69) is 28.9 Å². The summed E-state index contributed by atoms with van der Waals surface area (Å²) >= 11 is 0. The molecule has 2 fully saturated rings. The first-order valence-corrected chi connectivity index (χ1v) is 10.4. The molecule has 6 heteroatoms. The van der Waals surface area contributed by atoms with Crippen LogP contribution in [0.5, 0.6) is 0 Å². The van der Waals surface area contributed by atoms with Crippen LogP contribution < -0.4 is 0 Å². The van der Waals surface area contributed by atoms with E-state index in [-0.39, 0.29) is 11.3 Å². The van der Waals surface area contributed by atoms with Gasteiger partial charge in [0.1, 0.15) is 0 Å². The van der Waals surface area contributed by atoms with Crippen LogP contribution in [-0.2, 0) is 4.74 Å². The highest BCUT2D eigenvalue weighted by Gasteiger charge is 2.40. The maximum Gasteiger partial charge on any atom is 0.253 e. The van der Waals surface area contributed by atoms with Crippen molar-refractivity contribution in [1.29, 1.82) is 0 Å². The predicted octanol–water partition coefficient (Wildman–Crippen LogP) is 2.28. The average molecular weight is 385 g/mol. The Hall–Kier alpha value is -1.89. The number of carbonyl (C=O) groups excluding carboxylic acids is 1. The Morgan fingerprint density at radius 1 is 1.25 bits per heavy atom. The molecule has 1 amide bonds. The van der Waals surface area contributed by atoms with Gasteiger partial charge in [-0.05, 0) is 50.5 Å². The molecular weight excluding hydrogens is 352 g/mol. The molecule has 2 aromatic rings. The van der Waals surface area contributed by atoms with Crippen molar-refractivity contribution < 1.29 is 9.53 Å². The molecule has 1 aromatic heterocycles. The second-order valence-electron chi connectivity index (χ2n) is 8.74. The summed E-state index contributed by atoms with van der Waals surface area (Å²) in [5.74, 6) is 0.139. The van der Waals surface area contributed by atoms with Crippen molar-refractivity contribution in [3.05, 3.63) is 36.0 Å². The van der Waals surface area contributed by atoms with E-state index in [9.17, 15) is 4.79 Å². The summed E-state index contributed by atoms with van der Waals surface area (Å²) in [5, 5.41) is 1.14. The molecule has 1 aromatic carbocycles. The lowest BCUT2D eigenvalue weighted by Crippen LogP contribution is -2.52. The Morgan fingerprint density at radius 3 is 3.00 bits per heavy atom. The highest BCUT2D eigenvalue weighted by molar-refractivity contribution is 5.98. The van der Waals surface area contributed by atoms with Crippen LogP contribution in [0.15, 0.2) is 30.5 Å². The zero-order valence-electron chi connectivity index (χ0n) is 17.1. The molecule has 1 spiro atoms. The molecule has 2 aliphatic rings. The minimum Gasteiger partial charge on any atom is -0.379 e. The summed E-state index contributed by atoms with van der Waals surface area (Å²) in [6, 6.07) is 7.99. The summed E-state index contributed by atoms with van der Waals surface area (Å²) in [7, 11) is 4.23. The first-order valence-electron chi connectivity index (χ1n) is 10.4. The lowest BCUT2D eigenvalue weighted by Gasteiger charge is -2.43. The van der Waals surface area contributed by atoms with E-state index in [0.717, 1.165) is 81.8 Å². The van der Waals surface area contributed by atoms with Crippen molar-refractivity contribution in [2.24, 2.45) is 5.41 Å². The Bertz CT molecular complexity index is 818. The number of H-pyrrole nitrogens is 1. The number of carbonyl (C=O) groups is 1. The molecule has 0 unspecified atom stereocenters. The van der Waals surface area contributed by atoms with Crippen LogP contribution in [0.1, 0.15) is 23.2 Å². The minimum absolute atomic E-state index is 0.0489. The van der Waals surface area contributed by atoms with Crippen LogP contribution in [0, 0.1) is 5.41 Å². The van der Waals surface area contributed by atoms with Crippen molar-refractivity contribution in [2.45, 2.75) is 12.8 Å². The van der Waals surface area contributed by atoms with Gasteiger partial charge in [-0.2, -0.15) is 0 Å². The highest BCUT2D eigenvalue weighted by Crippen LogP contribution is 2.33. The molecular formula is C22H32N4O2. The number of nitrogens with one attached hydrogen (secondary N) is 1. The van der Waals surface area contributed by atoms with Crippen LogP contribution >= 0.6 is 0 Å². The molecule has 2 saturated heterocycles. The Balaban J connectivity index is 1.48.